The SMILES string of the molecule is CC.COC(=O)C1=C(O)CC2c3nc4ccc(OC)cc4cc3CN2C1=O. The van der Waals surface area contributed by atoms with E-state index in [0.29, 0.717) is 6.54 Å². The van der Waals surface area contributed by atoms with Gasteiger partial charge in [0.2, 0.25) is 0 Å². The fraction of sp³-hybridized carbons (Fsp3) is 0.350. The zero-order valence-corrected chi connectivity index (χ0v) is 15.8. The number of rotatable bonds is 2. The van der Waals surface area contributed by atoms with Crippen molar-refractivity contribution in [3.63, 3.8) is 0 Å². The molecule has 1 N–H and O–H groups in total. The highest BCUT2D eigenvalue weighted by Crippen LogP contribution is 2.42. The normalized spacial score (nSPS) is 17.9. The van der Waals surface area contributed by atoms with Gasteiger partial charge in [-0.3, -0.25) is 9.78 Å². The molecule has 1 unspecified atom stereocenters. The molecule has 2 aromatic rings. The molecule has 2 aliphatic rings. The van der Waals surface area contributed by atoms with E-state index < -0.39 is 11.9 Å². The topological polar surface area (TPSA) is 89.0 Å². The molecular weight excluding hydrogens is 348 g/mol. The Kier molecular flexibility index (Phi) is 5.03. The summed E-state index contributed by atoms with van der Waals surface area (Å²) in [6.45, 7) is 4.34. The smallest absolute Gasteiger partial charge is 0.346 e. The molecule has 27 heavy (non-hydrogen) atoms. The van der Waals surface area contributed by atoms with E-state index in [2.05, 4.69) is 9.72 Å². The van der Waals surface area contributed by atoms with E-state index in [1.807, 2.05) is 38.1 Å². The van der Waals surface area contributed by atoms with Crippen LogP contribution in [0, 0.1) is 0 Å². The number of carbonyl (C=O) groups excluding carboxylic acids is 2. The number of benzene rings is 1. The van der Waals surface area contributed by atoms with E-state index in [4.69, 9.17) is 4.74 Å². The standard InChI is InChI=1S/C18H16N2O5.C2H6/c1-24-11-3-4-12-9(6-11)5-10-8-20-13(16(10)19-12)7-14(21)15(17(20)22)18(23)25-2;1-2/h3-6,13,21H,7-8H2,1-2H3;1-2H3. The van der Waals surface area contributed by atoms with Crippen molar-refractivity contribution in [3.05, 3.63) is 46.9 Å². The number of fused-ring (bicyclic) bond motifs is 4. The summed E-state index contributed by atoms with van der Waals surface area (Å²) in [5.74, 6) is -0.865. The van der Waals surface area contributed by atoms with Crippen LogP contribution in [0.25, 0.3) is 10.9 Å². The van der Waals surface area contributed by atoms with Crippen molar-refractivity contribution < 1.29 is 24.2 Å². The second-order valence-corrected chi connectivity index (χ2v) is 6.06. The summed E-state index contributed by atoms with van der Waals surface area (Å²) in [6.07, 6.45) is 0.151. The minimum Gasteiger partial charge on any atom is -0.511 e. The van der Waals surface area contributed by atoms with Gasteiger partial charge in [0.1, 0.15) is 11.5 Å². The Morgan fingerprint density at radius 1 is 1.26 bits per heavy atom. The molecule has 0 fully saturated rings. The second-order valence-electron chi connectivity index (χ2n) is 6.06. The van der Waals surface area contributed by atoms with Crippen LogP contribution in [0.15, 0.2) is 35.6 Å². The number of esters is 1. The van der Waals surface area contributed by atoms with Crippen molar-refractivity contribution in [1.29, 1.82) is 0 Å². The molecular formula is C20H22N2O5. The second kappa shape index (κ2) is 7.26. The Morgan fingerprint density at radius 2 is 2.00 bits per heavy atom. The van der Waals surface area contributed by atoms with E-state index in [1.165, 1.54) is 7.11 Å². The Balaban J connectivity index is 0.00000102. The van der Waals surface area contributed by atoms with Crippen molar-refractivity contribution in [3.8, 4) is 5.75 Å². The number of carbonyl (C=O) groups is 2. The van der Waals surface area contributed by atoms with Crippen molar-refractivity contribution in [2.75, 3.05) is 14.2 Å². The van der Waals surface area contributed by atoms with Gasteiger partial charge in [0.25, 0.3) is 5.91 Å². The zero-order chi connectivity index (χ0) is 19.7. The molecule has 7 heteroatoms. The van der Waals surface area contributed by atoms with E-state index >= 15 is 0 Å². The van der Waals surface area contributed by atoms with Gasteiger partial charge in [-0.05, 0) is 29.8 Å². The summed E-state index contributed by atoms with van der Waals surface area (Å²) in [5.41, 5.74) is 2.15. The molecule has 0 radical (unpaired) electrons. The van der Waals surface area contributed by atoms with Crippen molar-refractivity contribution in [2.24, 2.45) is 0 Å². The van der Waals surface area contributed by atoms with E-state index in [9.17, 15) is 14.7 Å². The van der Waals surface area contributed by atoms with Crippen LogP contribution in [0.4, 0.5) is 0 Å². The lowest BCUT2D eigenvalue weighted by Gasteiger charge is -2.29. The average molecular weight is 370 g/mol. The van der Waals surface area contributed by atoms with Crippen molar-refractivity contribution >= 4 is 22.8 Å². The fourth-order valence-electron chi connectivity index (χ4n) is 3.48. The number of aliphatic hydroxyl groups is 1. The van der Waals surface area contributed by atoms with Gasteiger partial charge in [0.15, 0.2) is 5.57 Å². The lowest BCUT2D eigenvalue weighted by Crippen LogP contribution is -2.38. The molecule has 1 atom stereocenters. The van der Waals surface area contributed by atoms with Gasteiger partial charge in [-0.15, -0.1) is 0 Å². The van der Waals surface area contributed by atoms with Crippen molar-refractivity contribution in [2.45, 2.75) is 32.9 Å². The average Bonchev–Trinajstić information content (AvgIpc) is 3.04. The summed E-state index contributed by atoms with van der Waals surface area (Å²) < 4.78 is 9.85. The molecule has 1 amide bonds. The maximum Gasteiger partial charge on any atom is 0.346 e. The van der Waals surface area contributed by atoms with Crippen molar-refractivity contribution in [1.82, 2.24) is 9.88 Å². The first-order valence-corrected chi connectivity index (χ1v) is 8.82. The van der Waals surface area contributed by atoms with Gasteiger partial charge < -0.3 is 19.5 Å². The minimum atomic E-state index is -0.820. The number of aliphatic hydroxyl groups excluding tert-OH is 1. The van der Waals surface area contributed by atoms with Crippen LogP contribution < -0.4 is 4.74 Å². The first kappa shape index (κ1) is 18.7. The third-order valence-electron chi connectivity index (χ3n) is 4.71. The Bertz CT molecular complexity index is 951. The van der Waals surface area contributed by atoms with E-state index in [0.717, 1.165) is 27.9 Å². The quantitative estimate of drug-likeness (QED) is 0.646. The highest BCUT2D eigenvalue weighted by molar-refractivity contribution is 6.17. The predicted molar refractivity (Wildman–Crippen MR) is 99.2 cm³/mol. The van der Waals surface area contributed by atoms with Crippen LogP contribution in [0.3, 0.4) is 0 Å². The molecule has 7 nitrogen and oxygen atoms in total. The fourth-order valence-corrected chi connectivity index (χ4v) is 3.48. The number of hydrogen-bond donors (Lipinski definition) is 1. The molecule has 0 bridgehead atoms. The van der Waals surface area contributed by atoms with E-state index in [-0.39, 0.29) is 23.8 Å². The molecule has 0 saturated heterocycles. The minimum absolute atomic E-state index is 0.151. The van der Waals surface area contributed by atoms with Gasteiger partial charge >= 0.3 is 5.97 Å². The number of pyridine rings is 1. The predicted octanol–water partition coefficient (Wildman–Crippen LogP) is 3.04. The number of aromatic nitrogens is 1. The molecule has 2 aliphatic heterocycles. The van der Waals surface area contributed by atoms with Gasteiger partial charge in [-0.1, -0.05) is 13.8 Å². The molecule has 4 rings (SSSR count). The first-order valence-electron chi connectivity index (χ1n) is 8.82. The molecule has 1 aromatic heterocycles. The van der Waals surface area contributed by atoms with Gasteiger partial charge in [-0.2, -0.15) is 0 Å². The maximum atomic E-state index is 12.6. The summed E-state index contributed by atoms with van der Waals surface area (Å²) in [7, 11) is 2.78. The third-order valence-corrected chi connectivity index (χ3v) is 4.71. The Morgan fingerprint density at radius 3 is 2.67 bits per heavy atom. The number of hydrogen-bond acceptors (Lipinski definition) is 6. The molecule has 0 saturated carbocycles. The molecule has 0 aliphatic carbocycles. The molecule has 0 spiro atoms. The van der Waals surface area contributed by atoms with Crippen LogP contribution in [-0.2, 0) is 20.9 Å². The summed E-state index contributed by atoms with van der Waals surface area (Å²) in [4.78, 5) is 30.7. The molecule has 1 aromatic carbocycles. The van der Waals surface area contributed by atoms with Crippen LogP contribution >= 0.6 is 0 Å². The number of amides is 1. The summed E-state index contributed by atoms with van der Waals surface area (Å²) >= 11 is 0. The van der Waals surface area contributed by atoms with Crippen LogP contribution in [-0.4, -0.2) is 41.1 Å². The van der Waals surface area contributed by atoms with Gasteiger partial charge in [0.05, 0.1) is 31.5 Å². The molecule has 3 heterocycles. The number of ether oxygens (including phenoxy) is 2. The Hall–Kier alpha value is -3.09. The summed E-state index contributed by atoms with van der Waals surface area (Å²) in [6, 6.07) is 7.17. The molecule has 142 valence electrons. The van der Waals surface area contributed by atoms with Gasteiger partial charge in [0, 0.05) is 18.4 Å². The Labute approximate surface area is 157 Å². The van der Waals surface area contributed by atoms with Gasteiger partial charge in [-0.25, -0.2) is 4.79 Å². The number of nitrogens with zero attached hydrogens (tertiary/aromatic N) is 2. The summed E-state index contributed by atoms with van der Waals surface area (Å²) in [5, 5.41) is 11.1. The van der Waals surface area contributed by atoms with Crippen LogP contribution in [0.1, 0.15) is 37.6 Å². The highest BCUT2D eigenvalue weighted by atomic mass is 16.5. The lowest BCUT2D eigenvalue weighted by atomic mass is 9.99. The zero-order valence-electron chi connectivity index (χ0n) is 15.8. The maximum absolute atomic E-state index is 12.6. The lowest BCUT2D eigenvalue weighted by molar-refractivity contribution is -0.142. The third kappa shape index (κ3) is 2.99. The van der Waals surface area contributed by atoms with Crippen LogP contribution in [0.2, 0.25) is 0 Å². The monoisotopic (exact) mass is 370 g/mol. The van der Waals surface area contributed by atoms with Crippen LogP contribution in [0.5, 0.6) is 5.75 Å². The first-order chi connectivity index (χ1) is 13.0. The number of methoxy groups -OCH3 is 2. The van der Waals surface area contributed by atoms with E-state index in [1.54, 1.807) is 12.0 Å². The highest BCUT2D eigenvalue weighted by Gasteiger charge is 2.44. The largest absolute Gasteiger partial charge is 0.511 e.